The maximum Gasteiger partial charge on any atom is 0.0517 e. The van der Waals surface area contributed by atoms with Crippen LogP contribution >= 0.6 is 0 Å². The van der Waals surface area contributed by atoms with E-state index in [9.17, 15) is 0 Å². The Bertz CT molecular complexity index is 707. The molecule has 0 amide bonds. The molecule has 0 fully saturated rings. The molecule has 2 atom stereocenters. The van der Waals surface area contributed by atoms with Crippen LogP contribution in [0.4, 0.5) is 0 Å². The molecule has 2 heteroatoms. The standard InChI is InChI=1S/C18H16N2.4C2H6/c1-12(15-10-19-17-8-4-2-6-13(15)17)16-11-20-18-9-5-3-7-14(16)18;4*1-2/h2-8,10-13H,9H2,1H3;4*1-2H3. The number of nitrogens with zero attached hydrogens (tertiary/aromatic N) is 2. The van der Waals surface area contributed by atoms with Gasteiger partial charge in [-0.05, 0) is 17.2 Å². The largest absolute Gasteiger partial charge is 0.260 e. The summed E-state index contributed by atoms with van der Waals surface area (Å²) < 4.78 is 0. The summed E-state index contributed by atoms with van der Waals surface area (Å²) in [6, 6.07) is 0. The van der Waals surface area contributed by atoms with Crippen molar-refractivity contribution in [1.82, 2.24) is 0 Å². The summed E-state index contributed by atoms with van der Waals surface area (Å²) in [7, 11) is 0. The van der Waals surface area contributed by atoms with Crippen molar-refractivity contribution in [2.75, 3.05) is 0 Å². The first-order valence-electron chi connectivity index (χ1n) is 11.1. The number of allylic oxidation sites excluding steroid dienone is 10. The molecule has 2 heterocycles. The van der Waals surface area contributed by atoms with Gasteiger partial charge in [-0.15, -0.1) is 0 Å². The fraction of sp³-hybridized carbons (Fsp3) is 0.462. The molecule has 2 nitrogen and oxygen atoms in total. The number of rotatable bonds is 2. The lowest BCUT2D eigenvalue weighted by Crippen LogP contribution is -2.17. The van der Waals surface area contributed by atoms with E-state index in [2.05, 4.69) is 59.4 Å². The second-order valence-electron chi connectivity index (χ2n) is 5.50. The van der Waals surface area contributed by atoms with Crippen LogP contribution in [0.2, 0.25) is 0 Å². The lowest BCUT2D eigenvalue weighted by atomic mass is 9.79. The van der Waals surface area contributed by atoms with Crippen LogP contribution < -0.4 is 0 Å². The number of fused-ring (bicyclic) bond motifs is 2. The van der Waals surface area contributed by atoms with Gasteiger partial charge in [-0.3, -0.25) is 9.98 Å². The Morgan fingerprint density at radius 1 is 0.857 bits per heavy atom. The zero-order valence-corrected chi connectivity index (χ0v) is 19.5. The summed E-state index contributed by atoms with van der Waals surface area (Å²) in [5.41, 5.74) is 6.37. The van der Waals surface area contributed by atoms with Crippen molar-refractivity contribution >= 4 is 11.4 Å². The van der Waals surface area contributed by atoms with Crippen LogP contribution in [0.15, 0.2) is 81.6 Å². The first-order chi connectivity index (χ1) is 13.8. The van der Waals surface area contributed by atoms with Crippen molar-refractivity contribution in [3.8, 4) is 0 Å². The fourth-order valence-corrected chi connectivity index (χ4v) is 3.22. The Labute approximate surface area is 174 Å². The second-order valence-corrected chi connectivity index (χ2v) is 5.50. The Morgan fingerprint density at radius 2 is 1.54 bits per heavy atom. The molecule has 2 aliphatic heterocycles. The van der Waals surface area contributed by atoms with Gasteiger partial charge in [-0.1, -0.05) is 98.8 Å². The third kappa shape index (κ3) is 5.89. The van der Waals surface area contributed by atoms with Crippen LogP contribution in [0, 0.1) is 11.8 Å². The molecule has 0 radical (unpaired) electrons. The van der Waals surface area contributed by atoms with E-state index in [1.165, 1.54) is 22.4 Å². The minimum absolute atomic E-state index is 0.347. The molecule has 2 aliphatic carbocycles. The summed E-state index contributed by atoms with van der Waals surface area (Å²) >= 11 is 0. The maximum atomic E-state index is 4.57. The highest BCUT2D eigenvalue weighted by Crippen LogP contribution is 2.39. The van der Waals surface area contributed by atoms with Gasteiger partial charge in [0.1, 0.15) is 0 Å². The van der Waals surface area contributed by atoms with E-state index in [0.717, 1.165) is 12.1 Å². The fourth-order valence-electron chi connectivity index (χ4n) is 3.22. The molecular formula is C26H40N2. The van der Waals surface area contributed by atoms with E-state index in [0.29, 0.717) is 11.8 Å². The van der Waals surface area contributed by atoms with Gasteiger partial charge >= 0.3 is 0 Å². The van der Waals surface area contributed by atoms with Gasteiger partial charge in [-0.2, -0.15) is 0 Å². The average Bonchev–Trinajstić information content (AvgIpc) is 3.43. The predicted molar refractivity (Wildman–Crippen MR) is 129 cm³/mol. The number of hydrogen-bond acceptors (Lipinski definition) is 2. The monoisotopic (exact) mass is 380 g/mol. The average molecular weight is 381 g/mol. The Hall–Kier alpha value is -2.22. The molecule has 0 saturated heterocycles. The molecule has 0 spiro atoms. The van der Waals surface area contributed by atoms with Crippen molar-refractivity contribution in [1.29, 1.82) is 0 Å². The van der Waals surface area contributed by atoms with Gasteiger partial charge in [0, 0.05) is 36.2 Å². The van der Waals surface area contributed by atoms with E-state index >= 15 is 0 Å². The van der Waals surface area contributed by atoms with Crippen LogP contribution in [0.3, 0.4) is 0 Å². The molecule has 28 heavy (non-hydrogen) atoms. The first kappa shape index (κ1) is 25.8. The third-order valence-corrected chi connectivity index (χ3v) is 4.38. The Kier molecular flexibility index (Phi) is 13.6. The maximum absolute atomic E-state index is 4.57. The zero-order chi connectivity index (χ0) is 21.5. The van der Waals surface area contributed by atoms with Gasteiger partial charge in [0.05, 0.1) is 11.4 Å². The van der Waals surface area contributed by atoms with Gasteiger partial charge in [-0.25, -0.2) is 0 Å². The quantitative estimate of drug-likeness (QED) is 0.463. The van der Waals surface area contributed by atoms with Crippen LogP contribution in [-0.2, 0) is 0 Å². The normalized spacial score (nSPS) is 20.3. The van der Waals surface area contributed by atoms with E-state index in [-0.39, 0.29) is 0 Å². The van der Waals surface area contributed by atoms with Crippen molar-refractivity contribution in [2.45, 2.75) is 68.7 Å². The Morgan fingerprint density at radius 3 is 2.21 bits per heavy atom. The van der Waals surface area contributed by atoms with Crippen molar-refractivity contribution in [3.05, 3.63) is 71.7 Å². The topological polar surface area (TPSA) is 24.7 Å². The van der Waals surface area contributed by atoms with Gasteiger partial charge in [0.25, 0.3) is 0 Å². The summed E-state index contributed by atoms with van der Waals surface area (Å²) in [5.74, 6) is 0.705. The SMILES string of the molecule is CC.CC.CC.CC.CC(C1=CN=C2CC=CC=C12)C1=CN=C2C=CC=CC12. The summed E-state index contributed by atoms with van der Waals surface area (Å²) in [5, 5.41) is 0. The highest BCUT2D eigenvalue weighted by molar-refractivity contribution is 6.08. The van der Waals surface area contributed by atoms with Crippen molar-refractivity contribution in [3.63, 3.8) is 0 Å². The molecule has 0 saturated carbocycles. The molecule has 0 bridgehead atoms. The lowest BCUT2D eigenvalue weighted by Gasteiger charge is -2.22. The lowest BCUT2D eigenvalue weighted by molar-refractivity contribution is 0.757. The number of aliphatic imine (C=N–C) groups is 2. The van der Waals surface area contributed by atoms with E-state index in [4.69, 9.17) is 0 Å². The molecule has 0 aromatic carbocycles. The first-order valence-corrected chi connectivity index (χ1v) is 11.1. The molecule has 4 aliphatic rings. The molecule has 0 N–H and O–H groups in total. The molecular weight excluding hydrogens is 340 g/mol. The van der Waals surface area contributed by atoms with Gasteiger partial charge < -0.3 is 0 Å². The third-order valence-electron chi connectivity index (χ3n) is 4.38. The van der Waals surface area contributed by atoms with E-state index < -0.39 is 0 Å². The smallest absolute Gasteiger partial charge is 0.0517 e. The van der Waals surface area contributed by atoms with Crippen LogP contribution in [0.1, 0.15) is 68.7 Å². The molecule has 0 aromatic heterocycles. The predicted octanol–water partition coefficient (Wildman–Crippen LogP) is 8.03. The van der Waals surface area contributed by atoms with Crippen molar-refractivity contribution < 1.29 is 0 Å². The van der Waals surface area contributed by atoms with E-state index in [1.54, 1.807) is 0 Å². The minimum atomic E-state index is 0.347. The summed E-state index contributed by atoms with van der Waals surface area (Å²) in [4.78, 5) is 9.13. The zero-order valence-electron chi connectivity index (χ0n) is 19.5. The number of hydrogen-bond donors (Lipinski definition) is 0. The van der Waals surface area contributed by atoms with Gasteiger partial charge in [0.2, 0.25) is 0 Å². The Balaban J connectivity index is 0.000000818. The molecule has 154 valence electrons. The molecule has 0 aromatic rings. The molecule has 4 rings (SSSR count). The van der Waals surface area contributed by atoms with E-state index in [1.807, 2.05) is 67.8 Å². The van der Waals surface area contributed by atoms with Crippen LogP contribution in [0.25, 0.3) is 0 Å². The second kappa shape index (κ2) is 14.8. The highest BCUT2D eigenvalue weighted by Gasteiger charge is 2.31. The summed E-state index contributed by atoms with van der Waals surface area (Å²) in [6.07, 6.45) is 20.0. The van der Waals surface area contributed by atoms with Crippen LogP contribution in [-0.4, -0.2) is 11.4 Å². The van der Waals surface area contributed by atoms with Gasteiger partial charge in [0.15, 0.2) is 0 Å². The van der Waals surface area contributed by atoms with Crippen molar-refractivity contribution in [2.24, 2.45) is 21.8 Å². The molecule has 2 unspecified atom stereocenters. The minimum Gasteiger partial charge on any atom is -0.260 e. The summed E-state index contributed by atoms with van der Waals surface area (Å²) in [6.45, 7) is 18.3. The highest BCUT2D eigenvalue weighted by atomic mass is 14.8. The van der Waals surface area contributed by atoms with Crippen LogP contribution in [0.5, 0.6) is 0 Å².